The lowest BCUT2D eigenvalue weighted by atomic mass is 10.2. The van der Waals surface area contributed by atoms with E-state index in [2.05, 4.69) is 4.90 Å². The van der Waals surface area contributed by atoms with Crippen LogP contribution in [0.1, 0.15) is 0 Å². The first-order valence-electron chi connectivity index (χ1n) is 5.07. The number of benzene rings is 1. The molecule has 1 heterocycles. The number of nitrogens with zero attached hydrogens (tertiary/aromatic N) is 1. The molecule has 1 aromatic carbocycles. The maximum atomic E-state index is 5.94. The fourth-order valence-electron chi connectivity index (χ4n) is 1.73. The summed E-state index contributed by atoms with van der Waals surface area (Å²) in [4.78, 5) is 2.22. The van der Waals surface area contributed by atoms with Gasteiger partial charge in [-0.2, -0.15) is 0 Å². The topological polar surface area (TPSA) is 47.7 Å². The molecule has 0 bridgehead atoms. The molecule has 1 aliphatic rings. The van der Waals surface area contributed by atoms with E-state index in [9.17, 15) is 0 Å². The number of methoxy groups -OCH3 is 1. The van der Waals surface area contributed by atoms with Gasteiger partial charge in [-0.25, -0.2) is 0 Å². The predicted molar refractivity (Wildman–Crippen MR) is 60.4 cm³/mol. The van der Waals surface area contributed by atoms with Crippen molar-refractivity contribution in [3.63, 3.8) is 0 Å². The summed E-state index contributed by atoms with van der Waals surface area (Å²) in [6.45, 7) is 3.29. The molecular weight excluding hydrogens is 192 g/mol. The van der Waals surface area contributed by atoms with Crippen LogP contribution in [0.15, 0.2) is 18.2 Å². The monoisotopic (exact) mass is 208 g/mol. The summed E-state index contributed by atoms with van der Waals surface area (Å²) >= 11 is 0. The van der Waals surface area contributed by atoms with E-state index < -0.39 is 0 Å². The average Bonchev–Trinajstić information content (AvgIpc) is 2.31. The Morgan fingerprint density at radius 2 is 2.07 bits per heavy atom. The lowest BCUT2D eigenvalue weighted by Gasteiger charge is -2.30. The van der Waals surface area contributed by atoms with Gasteiger partial charge in [0, 0.05) is 19.2 Å². The van der Waals surface area contributed by atoms with Crippen molar-refractivity contribution in [2.45, 2.75) is 0 Å². The molecule has 0 radical (unpaired) electrons. The summed E-state index contributed by atoms with van der Waals surface area (Å²) in [7, 11) is 1.66. The third-order valence-corrected chi connectivity index (χ3v) is 2.59. The van der Waals surface area contributed by atoms with Crippen LogP contribution >= 0.6 is 0 Å². The zero-order valence-electron chi connectivity index (χ0n) is 8.90. The first kappa shape index (κ1) is 10.1. The summed E-state index contributed by atoms with van der Waals surface area (Å²) in [5.41, 5.74) is 7.77. The number of hydrogen-bond acceptors (Lipinski definition) is 4. The highest BCUT2D eigenvalue weighted by Gasteiger charge is 2.14. The molecule has 1 aromatic rings. The van der Waals surface area contributed by atoms with Crippen LogP contribution in [0, 0.1) is 0 Å². The molecule has 0 atom stereocenters. The van der Waals surface area contributed by atoms with Crippen molar-refractivity contribution in [3.05, 3.63) is 18.2 Å². The quantitative estimate of drug-likeness (QED) is 0.740. The van der Waals surface area contributed by atoms with Gasteiger partial charge in [-0.05, 0) is 12.1 Å². The standard InChI is InChI=1S/C11H16N2O2/c1-14-9-2-3-10(12)11(8-9)13-4-6-15-7-5-13/h2-3,8H,4-7,12H2,1H3. The van der Waals surface area contributed by atoms with Gasteiger partial charge in [0.25, 0.3) is 0 Å². The van der Waals surface area contributed by atoms with E-state index in [0.717, 1.165) is 43.4 Å². The smallest absolute Gasteiger partial charge is 0.121 e. The molecule has 82 valence electrons. The summed E-state index contributed by atoms with van der Waals surface area (Å²) in [6.07, 6.45) is 0. The molecule has 2 N–H and O–H groups in total. The normalized spacial score (nSPS) is 16.5. The van der Waals surface area contributed by atoms with E-state index in [1.807, 2.05) is 18.2 Å². The Kier molecular flexibility index (Phi) is 2.97. The van der Waals surface area contributed by atoms with Gasteiger partial charge in [0.05, 0.1) is 31.7 Å². The van der Waals surface area contributed by atoms with Gasteiger partial charge in [0.2, 0.25) is 0 Å². The van der Waals surface area contributed by atoms with Crippen LogP contribution in [0.25, 0.3) is 0 Å². The number of hydrogen-bond donors (Lipinski definition) is 1. The van der Waals surface area contributed by atoms with Gasteiger partial charge < -0.3 is 20.1 Å². The maximum Gasteiger partial charge on any atom is 0.121 e. The Bertz CT molecular complexity index is 335. The molecule has 2 rings (SSSR count). The molecule has 0 spiro atoms. The van der Waals surface area contributed by atoms with Crippen molar-refractivity contribution in [3.8, 4) is 5.75 Å². The molecule has 1 aliphatic heterocycles. The number of nitrogen functional groups attached to an aromatic ring is 1. The van der Waals surface area contributed by atoms with Gasteiger partial charge in [0.1, 0.15) is 5.75 Å². The second kappa shape index (κ2) is 4.40. The van der Waals surface area contributed by atoms with Gasteiger partial charge in [0.15, 0.2) is 0 Å². The van der Waals surface area contributed by atoms with E-state index in [-0.39, 0.29) is 0 Å². The number of ether oxygens (including phenoxy) is 2. The Labute approximate surface area is 89.6 Å². The van der Waals surface area contributed by atoms with Crippen molar-refractivity contribution in [2.24, 2.45) is 0 Å². The fourth-order valence-corrected chi connectivity index (χ4v) is 1.73. The molecule has 15 heavy (non-hydrogen) atoms. The number of anilines is 2. The Morgan fingerprint density at radius 3 is 2.73 bits per heavy atom. The second-order valence-electron chi connectivity index (χ2n) is 3.52. The Morgan fingerprint density at radius 1 is 1.33 bits per heavy atom. The van der Waals surface area contributed by atoms with E-state index in [0.29, 0.717) is 0 Å². The largest absolute Gasteiger partial charge is 0.497 e. The molecule has 1 saturated heterocycles. The predicted octanol–water partition coefficient (Wildman–Crippen LogP) is 1.11. The highest BCUT2D eigenvalue weighted by atomic mass is 16.5. The summed E-state index contributed by atoms with van der Waals surface area (Å²) in [5.74, 6) is 0.839. The molecule has 0 amide bonds. The second-order valence-corrected chi connectivity index (χ2v) is 3.52. The highest BCUT2D eigenvalue weighted by molar-refractivity contribution is 5.69. The minimum Gasteiger partial charge on any atom is -0.497 e. The number of rotatable bonds is 2. The van der Waals surface area contributed by atoms with Crippen LogP contribution in [0.3, 0.4) is 0 Å². The lowest BCUT2D eigenvalue weighted by molar-refractivity contribution is 0.122. The third-order valence-electron chi connectivity index (χ3n) is 2.59. The van der Waals surface area contributed by atoms with E-state index >= 15 is 0 Å². The minimum atomic E-state index is 0.761. The zero-order valence-corrected chi connectivity index (χ0v) is 8.90. The third kappa shape index (κ3) is 2.15. The Balaban J connectivity index is 2.24. The van der Waals surface area contributed by atoms with Gasteiger partial charge in [-0.15, -0.1) is 0 Å². The summed E-state index contributed by atoms with van der Waals surface area (Å²) in [6, 6.07) is 5.73. The molecule has 0 unspecified atom stereocenters. The van der Waals surface area contributed by atoms with Crippen molar-refractivity contribution < 1.29 is 9.47 Å². The summed E-state index contributed by atoms with van der Waals surface area (Å²) in [5, 5.41) is 0. The van der Waals surface area contributed by atoms with Crippen LogP contribution in [0.4, 0.5) is 11.4 Å². The van der Waals surface area contributed by atoms with E-state index in [1.54, 1.807) is 7.11 Å². The van der Waals surface area contributed by atoms with Crippen LogP contribution in [0.5, 0.6) is 5.75 Å². The SMILES string of the molecule is COc1ccc(N)c(N2CCOCC2)c1. The molecule has 4 nitrogen and oxygen atoms in total. The molecule has 0 saturated carbocycles. The van der Waals surface area contributed by atoms with Crippen molar-refractivity contribution in [2.75, 3.05) is 44.0 Å². The summed E-state index contributed by atoms with van der Waals surface area (Å²) < 4.78 is 10.5. The lowest BCUT2D eigenvalue weighted by Crippen LogP contribution is -2.36. The average molecular weight is 208 g/mol. The first-order valence-corrected chi connectivity index (χ1v) is 5.07. The molecule has 1 fully saturated rings. The van der Waals surface area contributed by atoms with Crippen molar-refractivity contribution in [1.82, 2.24) is 0 Å². The van der Waals surface area contributed by atoms with E-state index in [1.165, 1.54) is 0 Å². The van der Waals surface area contributed by atoms with Crippen LogP contribution in [-0.2, 0) is 4.74 Å². The number of nitrogens with two attached hydrogens (primary N) is 1. The number of morpholine rings is 1. The van der Waals surface area contributed by atoms with Crippen molar-refractivity contribution in [1.29, 1.82) is 0 Å². The van der Waals surface area contributed by atoms with Gasteiger partial charge in [-0.1, -0.05) is 0 Å². The van der Waals surface area contributed by atoms with Crippen molar-refractivity contribution >= 4 is 11.4 Å². The van der Waals surface area contributed by atoms with Crippen LogP contribution in [-0.4, -0.2) is 33.4 Å². The highest BCUT2D eigenvalue weighted by Crippen LogP contribution is 2.28. The van der Waals surface area contributed by atoms with Crippen LogP contribution < -0.4 is 15.4 Å². The zero-order chi connectivity index (χ0) is 10.7. The first-order chi connectivity index (χ1) is 7.31. The molecular formula is C11H16N2O2. The van der Waals surface area contributed by atoms with E-state index in [4.69, 9.17) is 15.2 Å². The molecule has 4 heteroatoms. The molecule has 0 aromatic heterocycles. The van der Waals surface area contributed by atoms with Gasteiger partial charge in [-0.3, -0.25) is 0 Å². The Hall–Kier alpha value is -1.42. The fraction of sp³-hybridized carbons (Fsp3) is 0.455. The van der Waals surface area contributed by atoms with Crippen LogP contribution in [0.2, 0.25) is 0 Å². The minimum absolute atomic E-state index is 0.761. The van der Waals surface area contributed by atoms with Gasteiger partial charge >= 0.3 is 0 Å². The maximum absolute atomic E-state index is 5.94. The molecule has 0 aliphatic carbocycles.